The molecule has 22 heavy (non-hydrogen) atoms. The van der Waals surface area contributed by atoms with Gasteiger partial charge in [0.15, 0.2) is 0 Å². The monoisotopic (exact) mass is 352 g/mol. The first-order valence-electron chi connectivity index (χ1n) is 7.21. The van der Waals surface area contributed by atoms with Crippen molar-refractivity contribution < 1.29 is 0 Å². The summed E-state index contributed by atoms with van der Waals surface area (Å²) in [5.41, 5.74) is 1.35. The fourth-order valence-corrected chi connectivity index (χ4v) is 4.68. The van der Waals surface area contributed by atoms with Crippen molar-refractivity contribution in [3.05, 3.63) is 59.1 Å². The van der Waals surface area contributed by atoms with Crippen molar-refractivity contribution in [1.29, 1.82) is 0 Å². The maximum Gasteiger partial charge on any atom is 0.0550 e. The van der Waals surface area contributed by atoms with Crippen molar-refractivity contribution in [2.75, 3.05) is 27.2 Å². The molecule has 118 valence electrons. The molecule has 0 saturated carbocycles. The van der Waals surface area contributed by atoms with Gasteiger partial charge in [0.25, 0.3) is 0 Å². The van der Waals surface area contributed by atoms with Crippen LogP contribution in [0.15, 0.2) is 58.3 Å². The molecule has 0 radical (unpaired) electrons. The Bertz CT molecular complexity index is 592. The molecule has 0 aliphatic heterocycles. The highest BCUT2D eigenvalue weighted by Crippen LogP contribution is 2.41. The largest absolute Gasteiger partial charge is 0.318 e. The molecule has 1 N–H and O–H groups in total. The lowest BCUT2D eigenvalue weighted by Crippen LogP contribution is -2.27. The van der Waals surface area contributed by atoms with Crippen molar-refractivity contribution >= 4 is 33.2 Å². The second kappa shape index (κ2) is 9.48. The van der Waals surface area contributed by atoms with Crippen LogP contribution in [0.3, 0.4) is 0 Å². The normalized spacial score (nSPS) is 11.1. The molecule has 0 aromatic heterocycles. The first-order chi connectivity index (χ1) is 10.7. The van der Waals surface area contributed by atoms with E-state index in [2.05, 4.69) is 47.6 Å². The van der Waals surface area contributed by atoms with E-state index in [1.54, 1.807) is 21.6 Å². The van der Waals surface area contributed by atoms with E-state index < -0.39 is 0 Å². The topological polar surface area (TPSA) is 15.3 Å². The standard InChI is InChI=1S/C17H21ClN2S2/c1-19-11-12-20(2)13-14-7-3-5-9-16(14)21-22-17-10-6-4-8-15(17)18/h3-10,19H,11-13H2,1-2H3. The van der Waals surface area contributed by atoms with Gasteiger partial charge in [-0.25, -0.2) is 0 Å². The molecule has 2 rings (SSSR count). The summed E-state index contributed by atoms with van der Waals surface area (Å²) in [6.07, 6.45) is 0. The summed E-state index contributed by atoms with van der Waals surface area (Å²) in [6.45, 7) is 2.99. The molecule has 0 heterocycles. The first-order valence-corrected chi connectivity index (χ1v) is 9.73. The maximum absolute atomic E-state index is 6.22. The number of nitrogens with one attached hydrogen (secondary N) is 1. The van der Waals surface area contributed by atoms with Gasteiger partial charge in [0.05, 0.1) is 5.02 Å². The van der Waals surface area contributed by atoms with Crippen molar-refractivity contribution in [3.63, 3.8) is 0 Å². The molecule has 5 heteroatoms. The van der Waals surface area contributed by atoms with E-state index in [1.165, 1.54) is 10.5 Å². The Morgan fingerprint density at radius 1 is 1.00 bits per heavy atom. The third-order valence-corrected chi connectivity index (χ3v) is 6.18. The Kier molecular flexibility index (Phi) is 7.63. The highest BCUT2D eigenvalue weighted by Gasteiger charge is 2.08. The van der Waals surface area contributed by atoms with Gasteiger partial charge in [0.1, 0.15) is 0 Å². The van der Waals surface area contributed by atoms with Gasteiger partial charge in [0, 0.05) is 29.4 Å². The number of likely N-dealkylation sites (N-methyl/N-ethyl adjacent to an activating group) is 2. The molecule has 2 aromatic carbocycles. The minimum atomic E-state index is 0.809. The summed E-state index contributed by atoms with van der Waals surface area (Å²) in [7, 11) is 7.62. The number of hydrogen-bond acceptors (Lipinski definition) is 4. The summed E-state index contributed by atoms with van der Waals surface area (Å²) < 4.78 is 0. The van der Waals surface area contributed by atoms with Crippen LogP contribution in [-0.2, 0) is 6.54 Å². The molecular weight excluding hydrogens is 332 g/mol. The van der Waals surface area contributed by atoms with E-state index >= 15 is 0 Å². The van der Waals surface area contributed by atoms with Gasteiger partial charge in [-0.2, -0.15) is 0 Å². The molecule has 0 spiro atoms. The van der Waals surface area contributed by atoms with Crippen LogP contribution in [0.4, 0.5) is 0 Å². The third-order valence-electron chi connectivity index (χ3n) is 3.21. The molecule has 0 aliphatic carbocycles. The summed E-state index contributed by atoms with van der Waals surface area (Å²) in [6, 6.07) is 16.5. The van der Waals surface area contributed by atoms with Gasteiger partial charge in [-0.05, 0) is 37.9 Å². The van der Waals surface area contributed by atoms with Crippen molar-refractivity contribution in [2.45, 2.75) is 16.3 Å². The summed E-state index contributed by atoms with van der Waals surface area (Å²) in [5.74, 6) is 0. The fraction of sp³-hybridized carbons (Fsp3) is 0.294. The maximum atomic E-state index is 6.22. The SMILES string of the molecule is CNCCN(C)Cc1ccccc1SSc1ccccc1Cl. The molecule has 2 aromatic rings. The number of rotatable bonds is 8. The van der Waals surface area contributed by atoms with Crippen LogP contribution in [0.2, 0.25) is 5.02 Å². The minimum Gasteiger partial charge on any atom is -0.318 e. The molecule has 0 fully saturated rings. The Hall–Kier alpha value is -0.650. The van der Waals surface area contributed by atoms with E-state index in [4.69, 9.17) is 11.6 Å². The average molecular weight is 353 g/mol. The number of hydrogen-bond donors (Lipinski definition) is 1. The van der Waals surface area contributed by atoms with Crippen LogP contribution in [-0.4, -0.2) is 32.1 Å². The lowest BCUT2D eigenvalue weighted by molar-refractivity contribution is 0.326. The predicted octanol–water partition coefficient (Wildman–Crippen LogP) is 4.79. The van der Waals surface area contributed by atoms with Gasteiger partial charge in [0.2, 0.25) is 0 Å². The van der Waals surface area contributed by atoms with Gasteiger partial charge in [-0.15, -0.1) is 0 Å². The summed E-state index contributed by atoms with van der Waals surface area (Å²) in [4.78, 5) is 4.73. The molecule has 2 nitrogen and oxygen atoms in total. The first kappa shape index (κ1) is 17.7. The zero-order valence-corrected chi connectivity index (χ0v) is 15.3. The Morgan fingerprint density at radius 2 is 1.64 bits per heavy atom. The molecule has 0 amide bonds. The van der Waals surface area contributed by atoms with Crippen LogP contribution < -0.4 is 5.32 Å². The molecule has 0 atom stereocenters. The van der Waals surface area contributed by atoms with Crippen LogP contribution in [0, 0.1) is 0 Å². The molecule has 0 aliphatic rings. The predicted molar refractivity (Wildman–Crippen MR) is 99.9 cm³/mol. The fourth-order valence-electron chi connectivity index (χ4n) is 1.99. The Balaban J connectivity index is 2.00. The van der Waals surface area contributed by atoms with Crippen molar-refractivity contribution in [2.24, 2.45) is 0 Å². The Labute approximate surface area is 146 Å². The van der Waals surface area contributed by atoms with Crippen LogP contribution in [0.5, 0.6) is 0 Å². The van der Waals surface area contributed by atoms with E-state index in [-0.39, 0.29) is 0 Å². The molecular formula is C17H21ClN2S2. The molecule has 0 saturated heterocycles. The quantitative estimate of drug-likeness (QED) is 0.686. The number of nitrogens with zero attached hydrogens (tertiary/aromatic N) is 1. The third kappa shape index (κ3) is 5.52. The van der Waals surface area contributed by atoms with E-state index in [1.807, 2.05) is 25.2 Å². The Morgan fingerprint density at radius 3 is 2.36 bits per heavy atom. The van der Waals surface area contributed by atoms with E-state index in [9.17, 15) is 0 Å². The second-order valence-electron chi connectivity index (χ2n) is 5.05. The zero-order valence-electron chi connectivity index (χ0n) is 12.9. The van der Waals surface area contributed by atoms with Crippen molar-refractivity contribution in [3.8, 4) is 0 Å². The highest BCUT2D eigenvalue weighted by molar-refractivity contribution is 8.76. The van der Waals surface area contributed by atoms with Crippen molar-refractivity contribution in [1.82, 2.24) is 10.2 Å². The molecule has 0 unspecified atom stereocenters. The van der Waals surface area contributed by atoms with Gasteiger partial charge in [-0.3, -0.25) is 0 Å². The smallest absolute Gasteiger partial charge is 0.0550 e. The summed E-state index contributed by atoms with van der Waals surface area (Å²) >= 11 is 6.22. The minimum absolute atomic E-state index is 0.809. The highest BCUT2D eigenvalue weighted by atomic mass is 35.5. The molecule has 0 bridgehead atoms. The van der Waals surface area contributed by atoms with Crippen LogP contribution >= 0.6 is 33.2 Å². The van der Waals surface area contributed by atoms with Crippen LogP contribution in [0.25, 0.3) is 0 Å². The second-order valence-corrected chi connectivity index (χ2v) is 7.67. The van der Waals surface area contributed by atoms with Crippen LogP contribution in [0.1, 0.15) is 5.56 Å². The average Bonchev–Trinajstić information content (AvgIpc) is 2.53. The number of benzene rings is 2. The van der Waals surface area contributed by atoms with Gasteiger partial charge >= 0.3 is 0 Å². The summed E-state index contributed by atoms with van der Waals surface area (Å²) in [5, 5.41) is 4.00. The zero-order chi connectivity index (χ0) is 15.8. The van der Waals surface area contributed by atoms with Gasteiger partial charge < -0.3 is 10.2 Å². The van der Waals surface area contributed by atoms with E-state index in [0.29, 0.717) is 0 Å². The lowest BCUT2D eigenvalue weighted by Gasteiger charge is -2.18. The number of halogens is 1. The van der Waals surface area contributed by atoms with E-state index in [0.717, 1.165) is 29.6 Å². The lowest BCUT2D eigenvalue weighted by atomic mass is 10.2. The van der Waals surface area contributed by atoms with Gasteiger partial charge in [-0.1, -0.05) is 63.5 Å².